The predicted molar refractivity (Wildman–Crippen MR) is 136 cm³/mol. The summed E-state index contributed by atoms with van der Waals surface area (Å²) in [4.78, 5) is 0. The minimum absolute atomic E-state index is 0.0183. The molecule has 2 aliphatic heterocycles. The first-order valence-corrected chi connectivity index (χ1v) is 15.4. The number of nitrogens with one attached hydrogen (secondary N) is 1. The second kappa shape index (κ2) is 10.2. The molecule has 2 saturated heterocycles. The fourth-order valence-electron chi connectivity index (χ4n) is 5.24. The molecule has 35 heavy (non-hydrogen) atoms. The predicted octanol–water partition coefficient (Wildman–Crippen LogP) is 4.14. The Morgan fingerprint density at radius 1 is 1.09 bits per heavy atom. The molecule has 2 aromatic carbocycles. The van der Waals surface area contributed by atoms with Gasteiger partial charge in [0.25, 0.3) is 0 Å². The Hall–Kier alpha value is -2.01. The van der Waals surface area contributed by atoms with Crippen LogP contribution in [0.3, 0.4) is 0 Å². The van der Waals surface area contributed by atoms with E-state index in [4.69, 9.17) is 0 Å². The summed E-state index contributed by atoms with van der Waals surface area (Å²) >= 11 is 0. The Labute approximate surface area is 208 Å². The Kier molecular flexibility index (Phi) is 7.57. The molecule has 2 aliphatic rings. The number of halogens is 1. The van der Waals surface area contributed by atoms with Crippen LogP contribution in [0, 0.1) is 11.7 Å². The zero-order valence-corrected chi connectivity index (χ0v) is 22.0. The minimum Gasteiger partial charge on any atom is -0.382 e. The van der Waals surface area contributed by atoms with E-state index in [9.17, 15) is 16.8 Å². The summed E-state index contributed by atoms with van der Waals surface area (Å²) in [7, 11) is -6.87. The molecule has 0 spiro atoms. The molecule has 2 heterocycles. The summed E-state index contributed by atoms with van der Waals surface area (Å²) in [6.07, 6.45) is 3.11. The van der Waals surface area contributed by atoms with Crippen molar-refractivity contribution in [2.24, 2.45) is 5.92 Å². The van der Waals surface area contributed by atoms with Gasteiger partial charge in [-0.2, -0.15) is 4.31 Å². The van der Waals surface area contributed by atoms with Crippen molar-refractivity contribution in [2.75, 3.05) is 31.2 Å². The molecule has 0 saturated carbocycles. The van der Waals surface area contributed by atoms with Gasteiger partial charge in [-0.3, -0.25) is 0 Å². The SMILES string of the molecule is CC1CN(S(C)(=O)=O)CCC1Nc1ccc(C(C)N2CCCC(c3ccccc3)S2(=O)=O)c(F)c1. The average Bonchev–Trinajstić information content (AvgIpc) is 2.79. The second-order valence-corrected chi connectivity index (χ2v) is 13.8. The minimum atomic E-state index is -3.64. The quantitative estimate of drug-likeness (QED) is 0.615. The molecule has 2 fully saturated rings. The number of sulfonamides is 2. The molecule has 7 nitrogen and oxygen atoms in total. The van der Waals surface area contributed by atoms with Gasteiger partial charge in [0.1, 0.15) is 11.1 Å². The fourth-order valence-corrected chi connectivity index (χ4v) is 8.41. The Morgan fingerprint density at radius 2 is 1.80 bits per heavy atom. The monoisotopic (exact) mass is 523 g/mol. The van der Waals surface area contributed by atoms with Crippen LogP contribution < -0.4 is 5.32 Å². The van der Waals surface area contributed by atoms with Crippen LogP contribution in [0.4, 0.5) is 10.1 Å². The lowest BCUT2D eigenvalue weighted by Crippen LogP contribution is -2.47. The van der Waals surface area contributed by atoms with Crippen molar-refractivity contribution in [3.8, 4) is 0 Å². The molecule has 0 bridgehead atoms. The summed E-state index contributed by atoms with van der Waals surface area (Å²) in [6.45, 7) is 4.92. The van der Waals surface area contributed by atoms with Gasteiger partial charge in [-0.25, -0.2) is 25.5 Å². The summed E-state index contributed by atoms with van der Waals surface area (Å²) < 4.78 is 68.7. The normalized spacial score (nSPS) is 26.8. The lowest BCUT2D eigenvalue weighted by atomic mass is 9.95. The van der Waals surface area contributed by atoms with Crippen LogP contribution >= 0.6 is 0 Å². The molecule has 192 valence electrons. The number of nitrogens with zero attached hydrogens (tertiary/aromatic N) is 2. The number of hydrogen-bond donors (Lipinski definition) is 1. The Morgan fingerprint density at radius 3 is 2.43 bits per heavy atom. The number of hydrogen-bond acceptors (Lipinski definition) is 5. The number of piperidine rings is 1. The highest BCUT2D eigenvalue weighted by Crippen LogP contribution is 2.39. The van der Waals surface area contributed by atoms with Crippen molar-refractivity contribution in [1.82, 2.24) is 8.61 Å². The summed E-state index contributed by atoms with van der Waals surface area (Å²) in [5.74, 6) is -0.394. The zero-order chi connectivity index (χ0) is 25.4. The highest BCUT2D eigenvalue weighted by atomic mass is 32.2. The van der Waals surface area contributed by atoms with E-state index in [1.807, 2.05) is 37.3 Å². The van der Waals surface area contributed by atoms with Crippen molar-refractivity contribution in [1.29, 1.82) is 0 Å². The van der Waals surface area contributed by atoms with Gasteiger partial charge in [0, 0.05) is 43.0 Å². The van der Waals surface area contributed by atoms with E-state index in [2.05, 4.69) is 5.32 Å². The number of rotatable bonds is 6. The highest BCUT2D eigenvalue weighted by Gasteiger charge is 2.40. The number of anilines is 1. The van der Waals surface area contributed by atoms with Crippen LogP contribution in [0.2, 0.25) is 0 Å². The van der Waals surface area contributed by atoms with Crippen molar-refractivity contribution in [3.05, 3.63) is 65.5 Å². The molecule has 0 amide bonds. The topological polar surface area (TPSA) is 86.8 Å². The van der Waals surface area contributed by atoms with Crippen LogP contribution in [0.25, 0.3) is 0 Å². The summed E-state index contributed by atoms with van der Waals surface area (Å²) in [5.41, 5.74) is 1.71. The van der Waals surface area contributed by atoms with Crippen LogP contribution in [-0.4, -0.2) is 57.4 Å². The largest absolute Gasteiger partial charge is 0.382 e. The van der Waals surface area contributed by atoms with E-state index < -0.39 is 37.2 Å². The van der Waals surface area contributed by atoms with Gasteiger partial charge in [0.2, 0.25) is 20.0 Å². The molecule has 1 N–H and O–H groups in total. The molecule has 0 aromatic heterocycles. The summed E-state index contributed by atoms with van der Waals surface area (Å²) in [6, 6.07) is 13.4. The fraction of sp³-hybridized carbons (Fsp3) is 0.520. The molecule has 10 heteroatoms. The van der Waals surface area contributed by atoms with Gasteiger partial charge in [-0.1, -0.05) is 43.3 Å². The molecular formula is C25H34FN3O4S2. The smallest absolute Gasteiger partial charge is 0.221 e. The van der Waals surface area contributed by atoms with Crippen molar-refractivity contribution in [2.45, 2.75) is 50.4 Å². The Balaban J connectivity index is 1.48. The molecule has 0 aliphatic carbocycles. The standard InChI is InChI=1S/C25H34FN3O4S2/c1-18-17-28(34(3,30)31)15-13-24(18)27-21-11-12-22(23(26)16-21)19(2)29-14-7-10-25(35(29,32)33)20-8-5-4-6-9-20/h4-6,8-9,11-12,16,18-19,24-25,27H,7,10,13-15,17H2,1-3H3. The van der Waals surface area contributed by atoms with Gasteiger partial charge >= 0.3 is 0 Å². The van der Waals surface area contributed by atoms with Gasteiger partial charge in [-0.05, 0) is 49.8 Å². The third-order valence-electron chi connectivity index (χ3n) is 7.27. The van der Waals surface area contributed by atoms with Crippen molar-refractivity contribution >= 4 is 25.7 Å². The molecular weight excluding hydrogens is 489 g/mol. The van der Waals surface area contributed by atoms with Crippen LogP contribution in [0.15, 0.2) is 48.5 Å². The van der Waals surface area contributed by atoms with Gasteiger partial charge in [0.05, 0.1) is 6.26 Å². The van der Waals surface area contributed by atoms with Crippen LogP contribution in [0.5, 0.6) is 0 Å². The van der Waals surface area contributed by atoms with Crippen molar-refractivity contribution in [3.63, 3.8) is 0 Å². The first kappa shape index (κ1) is 26.1. The second-order valence-electron chi connectivity index (χ2n) is 9.75. The zero-order valence-electron chi connectivity index (χ0n) is 20.4. The molecule has 4 atom stereocenters. The maximum absolute atomic E-state index is 15.2. The van der Waals surface area contributed by atoms with E-state index in [1.54, 1.807) is 19.1 Å². The third-order valence-corrected chi connectivity index (χ3v) is 10.9. The maximum Gasteiger partial charge on any atom is 0.221 e. The van der Waals surface area contributed by atoms with Crippen molar-refractivity contribution < 1.29 is 21.2 Å². The van der Waals surface area contributed by atoms with E-state index in [0.717, 1.165) is 5.56 Å². The van der Waals surface area contributed by atoms with E-state index in [0.29, 0.717) is 50.1 Å². The molecule has 2 aromatic rings. The first-order chi connectivity index (χ1) is 16.5. The third kappa shape index (κ3) is 5.55. The van der Waals surface area contributed by atoms with Gasteiger partial charge in [0.15, 0.2) is 0 Å². The van der Waals surface area contributed by atoms with Gasteiger partial charge < -0.3 is 5.32 Å². The highest BCUT2D eigenvalue weighted by molar-refractivity contribution is 7.89. The first-order valence-electron chi connectivity index (χ1n) is 12.0. The van der Waals surface area contributed by atoms with Gasteiger partial charge in [-0.15, -0.1) is 0 Å². The molecule has 4 unspecified atom stereocenters. The van der Waals surface area contributed by atoms with Crippen LogP contribution in [0.1, 0.15) is 55.5 Å². The van der Waals surface area contributed by atoms with E-state index >= 15 is 4.39 Å². The molecule has 4 rings (SSSR count). The Bertz CT molecular complexity index is 1250. The lowest BCUT2D eigenvalue weighted by Gasteiger charge is -2.37. The average molecular weight is 524 g/mol. The molecule has 0 radical (unpaired) electrons. The van der Waals surface area contributed by atoms with Crippen LogP contribution in [-0.2, 0) is 20.0 Å². The maximum atomic E-state index is 15.2. The summed E-state index contributed by atoms with van der Waals surface area (Å²) in [5, 5.41) is 2.72. The number of benzene rings is 2. The van der Waals surface area contributed by atoms with E-state index in [-0.39, 0.29) is 12.0 Å². The van der Waals surface area contributed by atoms with E-state index in [1.165, 1.54) is 20.9 Å². The lowest BCUT2D eigenvalue weighted by molar-refractivity contribution is 0.262.